The van der Waals surface area contributed by atoms with Gasteiger partial charge in [-0.2, -0.15) is 0 Å². The average Bonchev–Trinajstić information content (AvgIpc) is 2.81. The van der Waals surface area contributed by atoms with Gasteiger partial charge in [0.25, 0.3) is 5.91 Å². The molecule has 88 valence electrons. The van der Waals surface area contributed by atoms with Gasteiger partial charge in [-0.3, -0.25) is 4.79 Å². The molecule has 2 unspecified atom stereocenters. The Labute approximate surface area is 101 Å². The number of hydrogen-bond acceptors (Lipinski definition) is 2. The first-order valence-corrected chi connectivity index (χ1v) is 6.97. The maximum atomic E-state index is 11.8. The fraction of sp³-hybridized carbons (Fsp3) is 0.615. The molecule has 0 radical (unpaired) electrons. The Kier molecular flexibility index (Phi) is 3.99. The highest BCUT2D eigenvalue weighted by atomic mass is 32.1. The van der Waals surface area contributed by atoms with Crippen LogP contribution in [0.25, 0.3) is 0 Å². The molecule has 2 atom stereocenters. The van der Waals surface area contributed by atoms with Crippen LogP contribution in [0, 0.1) is 11.8 Å². The lowest BCUT2D eigenvalue weighted by Gasteiger charge is -2.28. The van der Waals surface area contributed by atoms with Gasteiger partial charge in [-0.05, 0) is 29.7 Å². The van der Waals surface area contributed by atoms with Crippen molar-refractivity contribution in [3.8, 4) is 0 Å². The van der Waals surface area contributed by atoms with E-state index in [-0.39, 0.29) is 5.91 Å². The molecule has 2 nitrogen and oxygen atoms in total. The molecule has 1 aromatic heterocycles. The SMILES string of the molecule is CC1CCCCC1CNC(=O)c1cccs1. The summed E-state index contributed by atoms with van der Waals surface area (Å²) in [5.41, 5.74) is 0. The predicted octanol–water partition coefficient (Wildman–Crippen LogP) is 3.30. The van der Waals surface area contributed by atoms with Gasteiger partial charge in [0.2, 0.25) is 0 Å². The van der Waals surface area contributed by atoms with Crippen molar-refractivity contribution in [2.75, 3.05) is 6.54 Å². The van der Waals surface area contributed by atoms with Crippen molar-refractivity contribution in [3.63, 3.8) is 0 Å². The third-order valence-corrected chi connectivity index (χ3v) is 4.43. The summed E-state index contributed by atoms with van der Waals surface area (Å²) < 4.78 is 0. The minimum atomic E-state index is 0.0905. The third kappa shape index (κ3) is 2.85. The maximum absolute atomic E-state index is 11.8. The summed E-state index contributed by atoms with van der Waals surface area (Å²) in [6.45, 7) is 3.15. The molecule has 3 heteroatoms. The number of rotatable bonds is 3. The predicted molar refractivity (Wildman–Crippen MR) is 67.8 cm³/mol. The van der Waals surface area contributed by atoms with E-state index < -0.39 is 0 Å². The standard InChI is InChI=1S/C13H19NOS/c1-10-5-2-3-6-11(10)9-14-13(15)12-7-4-8-16-12/h4,7-8,10-11H,2-3,5-6,9H2,1H3,(H,14,15). The molecule has 0 aromatic carbocycles. The Morgan fingerprint density at radius 1 is 1.50 bits per heavy atom. The van der Waals surface area contributed by atoms with Crippen molar-refractivity contribution < 1.29 is 4.79 Å². The van der Waals surface area contributed by atoms with E-state index in [1.807, 2.05) is 17.5 Å². The second-order valence-electron chi connectivity index (χ2n) is 4.71. The normalized spacial score (nSPS) is 25.3. The van der Waals surface area contributed by atoms with E-state index in [1.54, 1.807) is 0 Å². The van der Waals surface area contributed by atoms with Crippen LogP contribution in [0.1, 0.15) is 42.3 Å². The molecule has 0 aliphatic heterocycles. The topological polar surface area (TPSA) is 29.1 Å². The van der Waals surface area contributed by atoms with Crippen molar-refractivity contribution in [1.29, 1.82) is 0 Å². The van der Waals surface area contributed by atoms with Crippen molar-refractivity contribution in [3.05, 3.63) is 22.4 Å². The number of thiophene rings is 1. The van der Waals surface area contributed by atoms with Crippen LogP contribution in [0.15, 0.2) is 17.5 Å². The van der Waals surface area contributed by atoms with E-state index in [4.69, 9.17) is 0 Å². The lowest BCUT2D eigenvalue weighted by atomic mass is 9.80. The number of hydrogen-bond donors (Lipinski definition) is 1. The maximum Gasteiger partial charge on any atom is 0.261 e. The molecular formula is C13H19NOS. The lowest BCUT2D eigenvalue weighted by Crippen LogP contribution is -2.33. The minimum Gasteiger partial charge on any atom is -0.351 e. The third-order valence-electron chi connectivity index (χ3n) is 3.56. The Morgan fingerprint density at radius 2 is 2.31 bits per heavy atom. The van der Waals surface area contributed by atoms with Gasteiger partial charge in [0, 0.05) is 6.54 Å². The molecule has 2 rings (SSSR count). The number of nitrogens with one attached hydrogen (secondary N) is 1. The van der Waals surface area contributed by atoms with Crippen LogP contribution < -0.4 is 5.32 Å². The molecular weight excluding hydrogens is 218 g/mol. The van der Waals surface area contributed by atoms with Crippen LogP contribution in [-0.2, 0) is 0 Å². The molecule has 1 aromatic rings. The van der Waals surface area contributed by atoms with Gasteiger partial charge in [0.05, 0.1) is 4.88 Å². The summed E-state index contributed by atoms with van der Waals surface area (Å²) >= 11 is 1.51. The van der Waals surface area contributed by atoms with Gasteiger partial charge in [-0.1, -0.05) is 32.3 Å². The van der Waals surface area contributed by atoms with E-state index in [9.17, 15) is 4.79 Å². The molecule has 1 aliphatic carbocycles. The molecule has 1 aliphatic rings. The summed E-state index contributed by atoms with van der Waals surface area (Å²) in [6, 6.07) is 3.80. The molecule has 0 bridgehead atoms. The molecule has 1 fully saturated rings. The van der Waals surface area contributed by atoms with Crippen molar-refractivity contribution in [1.82, 2.24) is 5.32 Å². The van der Waals surface area contributed by atoms with Crippen molar-refractivity contribution >= 4 is 17.2 Å². The Balaban J connectivity index is 1.80. The van der Waals surface area contributed by atoms with Crippen LogP contribution in [0.4, 0.5) is 0 Å². The Morgan fingerprint density at radius 3 is 3.00 bits per heavy atom. The highest BCUT2D eigenvalue weighted by molar-refractivity contribution is 7.12. The average molecular weight is 237 g/mol. The van der Waals surface area contributed by atoms with Crippen LogP contribution in [0.3, 0.4) is 0 Å². The van der Waals surface area contributed by atoms with E-state index in [0.29, 0.717) is 5.92 Å². The zero-order chi connectivity index (χ0) is 11.4. The molecule has 1 N–H and O–H groups in total. The quantitative estimate of drug-likeness (QED) is 0.858. The monoisotopic (exact) mass is 237 g/mol. The summed E-state index contributed by atoms with van der Waals surface area (Å²) in [5, 5.41) is 5.00. The van der Waals surface area contributed by atoms with Gasteiger partial charge < -0.3 is 5.32 Å². The second-order valence-corrected chi connectivity index (χ2v) is 5.66. The molecule has 1 amide bonds. The zero-order valence-corrected chi connectivity index (χ0v) is 10.6. The van der Waals surface area contributed by atoms with Gasteiger partial charge in [-0.15, -0.1) is 11.3 Å². The first-order valence-electron chi connectivity index (χ1n) is 6.09. The largest absolute Gasteiger partial charge is 0.351 e. The summed E-state index contributed by atoms with van der Waals surface area (Å²) in [7, 11) is 0. The van der Waals surface area contributed by atoms with Gasteiger partial charge in [0.15, 0.2) is 0 Å². The van der Waals surface area contributed by atoms with E-state index in [2.05, 4.69) is 12.2 Å². The fourth-order valence-electron chi connectivity index (χ4n) is 2.41. The van der Waals surface area contributed by atoms with Crippen molar-refractivity contribution in [2.45, 2.75) is 32.6 Å². The van der Waals surface area contributed by atoms with Crippen LogP contribution in [-0.4, -0.2) is 12.5 Å². The highest BCUT2D eigenvalue weighted by Gasteiger charge is 2.21. The lowest BCUT2D eigenvalue weighted by molar-refractivity contribution is 0.0940. The van der Waals surface area contributed by atoms with E-state index >= 15 is 0 Å². The molecule has 0 saturated heterocycles. The zero-order valence-electron chi connectivity index (χ0n) is 9.74. The first kappa shape index (κ1) is 11.6. The summed E-state index contributed by atoms with van der Waals surface area (Å²) in [4.78, 5) is 12.6. The highest BCUT2D eigenvalue weighted by Crippen LogP contribution is 2.28. The summed E-state index contributed by atoms with van der Waals surface area (Å²) in [6.07, 6.45) is 5.27. The minimum absolute atomic E-state index is 0.0905. The Bertz CT molecular complexity index is 334. The second kappa shape index (κ2) is 5.48. The van der Waals surface area contributed by atoms with Crippen LogP contribution in [0.2, 0.25) is 0 Å². The Hall–Kier alpha value is -0.830. The van der Waals surface area contributed by atoms with Gasteiger partial charge in [0.1, 0.15) is 0 Å². The number of amides is 1. The van der Waals surface area contributed by atoms with E-state index in [1.165, 1.54) is 37.0 Å². The number of carbonyl (C=O) groups is 1. The summed E-state index contributed by atoms with van der Waals surface area (Å²) in [5.74, 6) is 1.53. The van der Waals surface area contributed by atoms with E-state index in [0.717, 1.165) is 17.3 Å². The molecule has 0 spiro atoms. The van der Waals surface area contributed by atoms with Gasteiger partial charge >= 0.3 is 0 Å². The van der Waals surface area contributed by atoms with Gasteiger partial charge in [-0.25, -0.2) is 0 Å². The molecule has 16 heavy (non-hydrogen) atoms. The van der Waals surface area contributed by atoms with Crippen molar-refractivity contribution in [2.24, 2.45) is 11.8 Å². The molecule has 1 saturated carbocycles. The van der Waals surface area contributed by atoms with Crippen LogP contribution in [0.5, 0.6) is 0 Å². The van der Waals surface area contributed by atoms with Crippen LogP contribution >= 0.6 is 11.3 Å². The first-order chi connectivity index (χ1) is 7.77. The molecule has 1 heterocycles. The smallest absolute Gasteiger partial charge is 0.261 e. The number of carbonyl (C=O) groups excluding carboxylic acids is 1. The fourth-order valence-corrected chi connectivity index (χ4v) is 3.06.